The first kappa shape index (κ1) is 13.9. The predicted molar refractivity (Wildman–Crippen MR) is 84.0 cm³/mol. The van der Waals surface area contributed by atoms with E-state index in [2.05, 4.69) is 43.3 Å². The van der Waals surface area contributed by atoms with E-state index in [0.29, 0.717) is 6.04 Å². The number of piperidine rings is 1. The topological polar surface area (TPSA) is 28.2 Å². The fourth-order valence-corrected chi connectivity index (χ4v) is 3.29. The van der Waals surface area contributed by atoms with Gasteiger partial charge >= 0.3 is 0 Å². The van der Waals surface area contributed by atoms with Gasteiger partial charge in [0.25, 0.3) is 0 Å². The molecular formula is C17H27N3. The molecule has 0 aromatic carbocycles. The van der Waals surface area contributed by atoms with Gasteiger partial charge in [0, 0.05) is 31.4 Å². The van der Waals surface area contributed by atoms with Crippen LogP contribution in [0.25, 0.3) is 0 Å². The zero-order valence-electron chi connectivity index (χ0n) is 13.0. The van der Waals surface area contributed by atoms with Crippen LogP contribution in [0.4, 0.5) is 5.82 Å². The van der Waals surface area contributed by atoms with E-state index in [1.54, 1.807) is 0 Å². The van der Waals surface area contributed by atoms with E-state index < -0.39 is 0 Å². The molecule has 2 unspecified atom stereocenters. The number of anilines is 1. The third kappa shape index (κ3) is 3.14. The summed E-state index contributed by atoms with van der Waals surface area (Å²) >= 11 is 0. The molecule has 1 saturated carbocycles. The molecule has 2 atom stereocenters. The zero-order valence-corrected chi connectivity index (χ0v) is 13.0. The van der Waals surface area contributed by atoms with E-state index in [0.717, 1.165) is 25.0 Å². The molecule has 1 aromatic rings. The average molecular weight is 273 g/mol. The second-order valence-corrected chi connectivity index (χ2v) is 6.81. The molecule has 1 aromatic heterocycles. The highest BCUT2D eigenvalue weighted by molar-refractivity contribution is 5.48. The molecule has 0 spiro atoms. The molecule has 20 heavy (non-hydrogen) atoms. The van der Waals surface area contributed by atoms with E-state index in [4.69, 9.17) is 4.98 Å². The first-order valence-corrected chi connectivity index (χ1v) is 8.09. The van der Waals surface area contributed by atoms with Crippen molar-refractivity contribution in [3.8, 4) is 0 Å². The number of pyridine rings is 1. The second kappa shape index (κ2) is 5.72. The molecule has 3 rings (SSSR count). The van der Waals surface area contributed by atoms with Crippen molar-refractivity contribution in [2.75, 3.05) is 11.4 Å². The molecule has 3 heteroatoms. The summed E-state index contributed by atoms with van der Waals surface area (Å²) in [6.45, 7) is 9.01. The molecule has 2 aliphatic rings. The van der Waals surface area contributed by atoms with Gasteiger partial charge in [-0.2, -0.15) is 0 Å². The van der Waals surface area contributed by atoms with Crippen molar-refractivity contribution < 1.29 is 0 Å². The fraction of sp³-hybridized carbons (Fsp3) is 0.706. The quantitative estimate of drug-likeness (QED) is 0.912. The van der Waals surface area contributed by atoms with Crippen molar-refractivity contribution in [2.24, 2.45) is 5.92 Å². The Labute approximate surface area is 122 Å². The molecule has 2 heterocycles. The van der Waals surface area contributed by atoms with E-state index in [1.165, 1.54) is 42.6 Å². The Morgan fingerprint density at radius 3 is 2.75 bits per heavy atom. The Kier molecular flexibility index (Phi) is 3.97. The lowest BCUT2D eigenvalue weighted by Gasteiger charge is -2.38. The summed E-state index contributed by atoms with van der Waals surface area (Å²) < 4.78 is 0. The lowest BCUT2D eigenvalue weighted by Crippen LogP contribution is -2.41. The standard InChI is InChI=1S/C17H27N3/c1-12-6-7-20(14(3)8-12)17-13(2)9-15(11-19-17)10-18-16-4-5-16/h9,11-12,14,16,18H,4-8,10H2,1-3H3. The number of hydrogen-bond donors (Lipinski definition) is 1. The van der Waals surface area contributed by atoms with Gasteiger partial charge in [0.15, 0.2) is 0 Å². The Bertz CT molecular complexity index is 467. The third-order valence-electron chi connectivity index (χ3n) is 4.69. The summed E-state index contributed by atoms with van der Waals surface area (Å²) in [5.74, 6) is 2.04. The molecular weight excluding hydrogens is 246 g/mol. The largest absolute Gasteiger partial charge is 0.354 e. The van der Waals surface area contributed by atoms with Crippen LogP contribution in [0.2, 0.25) is 0 Å². The van der Waals surface area contributed by atoms with Gasteiger partial charge in [-0.3, -0.25) is 0 Å². The van der Waals surface area contributed by atoms with E-state index >= 15 is 0 Å². The van der Waals surface area contributed by atoms with Crippen molar-refractivity contribution in [2.45, 2.75) is 65.1 Å². The van der Waals surface area contributed by atoms with Gasteiger partial charge in [0.1, 0.15) is 5.82 Å². The maximum atomic E-state index is 4.76. The molecule has 110 valence electrons. The third-order valence-corrected chi connectivity index (χ3v) is 4.69. The number of rotatable bonds is 4. The Balaban J connectivity index is 1.69. The number of nitrogens with zero attached hydrogens (tertiary/aromatic N) is 2. The minimum Gasteiger partial charge on any atom is -0.354 e. The van der Waals surface area contributed by atoms with Gasteiger partial charge in [-0.1, -0.05) is 6.92 Å². The molecule has 1 aliphatic heterocycles. The van der Waals surface area contributed by atoms with E-state index in [1.807, 2.05) is 0 Å². The van der Waals surface area contributed by atoms with Gasteiger partial charge in [0.2, 0.25) is 0 Å². The SMILES string of the molecule is Cc1cc(CNC2CC2)cnc1N1CCC(C)CC1C. The van der Waals surface area contributed by atoms with Crippen LogP contribution in [-0.2, 0) is 6.54 Å². The summed E-state index contributed by atoms with van der Waals surface area (Å²) in [6, 6.07) is 3.68. The minimum atomic E-state index is 0.611. The van der Waals surface area contributed by atoms with Gasteiger partial charge < -0.3 is 10.2 Å². The molecule has 1 N–H and O–H groups in total. The number of nitrogens with one attached hydrogen (secondary N) is 1. The first-order valence-electron chi connectivity index (χ1n) is 8.09. The lowest BCUT2D eigenvalue weighted by atomic mass is 9.93. The number of aryl methyl sites for hydroxylation is 1. The summed E-state index contributed by atoms with van der Waals surface area (Å²) in [5.41, 5.74) is 2.64. The van der Waals surface area contributed by atoms with E-state index in [-0.39, 0.29) is 0 Å². The first-order chi connectivity index (χ1) is 9.63. The Morgan fingerprint density at radius 1 is 1.30 bits per heavy atom. The molecule has 3 nitrogen and oxygen atoms in total. The minimum absolute atomic E-state index is 0.611. The summed E-state index contributed by atoms with van der Waals surface area (Å²) in [5, 5.41) is 3.56. The molecule has 0 amide bonds. The molecule has 1 saturated heterocycles. The Morgan fingerprint density at radius 2 is 2.10 bits per heavy atom. The van der Waals surface area contributed by atoms with Crippen LogP contribution >= 0.6 is 0 Å². The van der Waals surface area contributed by atoms with Gasteiger partial charge in [-0.05, 0) is 62.6 Å². The maximum Gasteiger partial charge on any atom is 0.131 e. The fourth-order valence-electron chi connectivity index (χ4n) is 3.29. The van der Waals surface area contributed by atoms with Gasteiger partial charge in [0.05, 0.1) is 0 Å². The molecule has 0 bridgehead atoms. The van der Waals surface area contributed by atoms with Crippen LogP contribution < -0.4 is 10.2 Å². The lowest BCUT2D eigenvalue weighted by molar-refractivity contribution is 0.375. The number of hydrogen-bond acceptors (Lipinski definition) is 3. The highest BCUT2D eigenvalue weighted by Crippen LogP contribution is 2.29. The highest BCUT2D eigenvalue weighted by Gasteiger charge is 2.25. The van der Waals surface area contributed by atoms with Crippen molar-refractivity contribution in [1.29, 1.82) is 0 Å². The smallest absolute Gasteiger partial charge is 0.131 e. The van der Waals surface area contributed by atoms with Gasteiger partial charge in [-0.25, -0.2) is 4.98 Å². The zero-order chi connectivity index (χ0) is 14.1. The van der Waals surface area contributed by atoms with Crippen molar-refractivity contribution in [3.05, 3.63) is 23.4 Å². The van der Waals surface area contributed by atoms with Crippen LogP contribution in [0.3, 0.4) is 0 Å². The average Bonchev–Trinajstić information content (AvgIpc) is 3.22. The van der Waals surface area contributed by atoms with Crippen molar-refractivity contribution >= 4 is 5.82 Å². The van der Waals surface area contributed by atoms with Gasteiger partial charge in [-0.15, -0.1) is 0 Å². The van der Waals surface area contributed by atoms with Crippen LogP contribution in [-0.4, -0.2) is 23.6 Å². The highest BCUT2D eigenvalue weighted by atomic mass is 15.2. The molecule has 2 fully saturated rings. The normalized spacial score (nSPS) is 26.9. The summed E-state index contributed by atoms with van der Waals surface area (Å²) in [6.07, 6.45) is 7.31. The number of aromatic nitrogens is 1. The summed E-state index contributed by atoms with van der Waals surface area (Å²) in [7, 11) is 0. The van der Waals surface area contributed by atoms with Crippen LogP contribution in [0, 0.1) is 12.8 Å². The van der Waals surface area contributed by atoms with Crippen LogP contribution in [0.5, 0.6) is 0 Å². The van der Waals surface area contributed by atoms with Crippen molar-refractivity contribution in [3.63, 3.8) is 0 Å². The van der Waals surface area contributed by atoms with Crippen LogP contribution in [0.1, 0.15) is 50.7 Å². The summed E-state index contributed by atoms with van der Waals surface area (Å²) in [4.78, 5) is 7.26. The maximum absolute atomic E-state index is 4.76. The molecule has 1 aliphatic carbocycles. The monoisotopic (exact) mass is 273 g/mol. The van der Waals surface area contributed by atoms with Crippen molar-refractivity contribution in [1.82, 2.24) is 10.3 Å². The second-order valence-electron chi connectivity index (χ2n) is 6.81. The predicted octanol–water partition coefficient (Wildman–Crippen LogP) is 3.27. The Hall–Kier alpha value is -1.09. The van der Waals surface area contributed by atoms with E-state index in [9.17, 15) is 0 Å². The van der Waals surface area contributed by atoms with Crippen LogP contribution in [0.15, 0.2) is 12.3 Å². The molecule has 0 radical (unpaired) electrons.